The molecule has 0 spiro atoms. The van der Waals surface area contributed by atoms with Crippen molar-refractivity contribution in [3.63, 3.8) is 0 Å². The molecule has 0 radical (unpaired) electrons. The minimum Gasteiger partial charge on any atom is -0.366 e. The van der Waals surface area contributed by atoms with Gasteiger partial charge in [0, 0.05) is 30.2 Å². The molecule has 0 aromatic heterocycles. The van der Waals surface area contributed by atoms with Crippen LogP contribution in [0.15, 0.2) is 23.1 Å². The third-order valence-electron chi connectivity index (χ3n) is 3.08. The second kappa shape index (κ2) is 5.52. The molecule has 1 saturated heterocycles. The van der Waals surface area contributed by atoms with Crippen LogP contribution in [-0.4, -0.2) is 43.2 Å². The van der Waals surface area contributed by atoms with Gasteiger partial charge in [0.1, 0.15) is 0 Å². The smallest absolute Gasteiger partial charge is 0.249 e. The van der Waals surface area contributed by atoms with Crippen molar-refractivity contribution in [2.24, 2.45) is 5.73 Å². The molecule has 1 fully saturated rings. The number of benzene rings is 1. The van der Waals surface area contributed by atoms with Crippen LogP contribution < -0.4 is 5.73 Å². The largest absolute Gasteiger partial charge is 0.366 e. The molecule has 0 saturated carbocycles. The minimum absolute atomic E-state index is 0.138. The number of amides is 1. The van der Waals surface area contributed by atoms with Crippen LogP contribution in [0.4, 0.5) is 0 Å². The molecule has 1 aliphatic heterocycles. The minimum atomic E-state index is -3.52. The first-order valence-corrected chi connectivity index (χ1v) is 8.51. The molecular formula is C12H16N2O3S2. The highest BCUT2D eigenvalue weighted by Crippen LogP contribution is 2.22. The summed E-state index contributed by atoms with van der Waals surface area (Å²) in [6, 6.07) is 4.51. The maximum atomic E-state index is 12.4. The van der Waals surface area contributed by atoms with Gasteiger partial charge in [-0.15, -0.1) is 0 Å². The number of hydrogen-bond donors (Lipinski definition) is 1. The van der Waals surface area contributed by atoms with Crippen LogP contribution in [0.5, 0.6) is 0 Å². The third kappa shape index (κ3) is 2.93. The molecule has 5 nitrogen and oxygen atoms in total. The zero-order valence-corrected chi connectivity index (χ0v) is 12.3. The van der Waals surface area contributed by atoms with Gasteiger partial charge in [-0.25, -0.2) is 8.42 Å². The van der Waals surface area contributed by atoms with Crippen LogP contribution in [0.25, 0.3) is 0 Å². The van der Waals surface area contributed by atoms with Crippen molar-refractivity contribution in [3.8, 4) is 0 Å². The first-order chi connectivity index (χ1) is 8.93. The van der Waals surface area contributed by atoms with Gasteiger partial charge in [-0.2, -0.15) is 16.1 Å². The Labute approximate surface area is 117 Å². The number of thioether (sulfide) groups is 1. The highest BCUT2D eigenvalue weighted by atomic mass is 32.2. The van der Waals surface area contributed by atoms with Crippen LogP contribution in [0.2, 0.25) is 0 Å². The molecule has 0 bridgehead atoms. The van der Waals surface area contributed by atoms with Crippen LogP contribution in [-0.2, 0) is 10.0 Å². The fraction of sp³-hybridized carbons (Fsp3) is 0.417. The molecule has 2 N–H and O–H groups in total. The summed E-state index contributed by atoms with van der Waals surface area (Å²) in [6.07, 6.45) is 0. The summed E-state index contributed by atoms with van der Waals surface area (Å²) in [4.78, 5) is 11.4. The van der Waals surface area contributed by atoms with Crippen molar-refractivity contribution in [2.75, 3.05) is 24.6 Å². The lowest BCUT2D eigenvalue weighted by Gasteiger charge is -2.25. The summed E-state index contributed by atoms with van der Waals surface area (Å²) in [5, 5.41) is 0. The van der Waals surface area contributed by atoms with E-state index in [0.717, 1.165) is 11.5 Å². The van der Waals surface area contributed by atoms with Crippen LogP contribution in [0.3, 0.4) is 0 Å². The number of hydrogen-bond acceptors (Lipinski definition) is 4. The SMILES string of the molecule is Cc1ccc(S(=O)(=O)N2CCSCC2)cc1C(N)=O. The second-order valence-corrected chi connectivity index (χ2v) is 7.52. The highest BCUT2D eigenvalue weighted by Gasteiger charge is 2.26. The number of carbonyl (C=O) groups is 1. The molecule has 1 heterocycles. The van der Waals surface area contributed by atoms with Crippen molar-refractivity contribution >= 4 is 27.7 Å². The Morgan fingerprint density at radius 3 is 2.53 bits per heavy atom. The van der Waals surface area contributed by atoms with E-state index >= 15 is 0 Å². The van der Waals surface area contributed by atoms with Crippen molar-refractivity contribution in [1.82, 2.24) is 4.31 Å². The quantitative estimate of drug-likeness (QED) is 0.896. The van der Waals surface area contributed by atoms with E-state index < -0.39 is 15.9 Å². The molecule has 1 aromatic carbocycles. The maximum Gasteiger partial charge on any atom is 0.249 e. The first-order valence-electron chi connectivity index (χ1n) is 5.91. The standard InChI is InChI=1S/C12H16N2O3S2/c1-9-2-3-10(8-11(9)12(13)15)19(16,17)14-4-6-18-7-5-14/h2-3,8H,4-7H2,1H3,(H2,13,15). The van der Waals surface area contributed by atoms with Gasteiger partial charge in [0.05, 0.1) is 4.90 Å². The first kappa shape index (κ1) is 14.4. The van der Waals surface area contributed by atoms with E-state index in [1.807, 2.05) is 0 Å². The van der Waals surface area contributed by atoms with E-state index in [-0.39, 0.29) is 10.5 Å². The zero-order valence-electron chi connectivity index (χ0n) is 10.6. The topological polar surface area (TPSA) is 80.5 Å². The summed E-state index contributed by atoms with van der Waals surface area (Å²) in [5.41, 5.74) is 6.19. The Morgan fingerprint density at radius 2 is 1.95 bits per heavy atom. The normalized spacial score (nSPS) is 17.3. The van der Waals surface area contributed by atoms with Crippen molar-refractivity contribution < 1.29 is 13.2 Å². The van der Waals surface area contributed by atoms with E-state index in [1.165, 1.54) is 16.4 Å². The van der Waals surface area contributed by atoms with E-state index in [9.17, 15) is 13.2 Å². The summed E-state index contributed by atoms with van der Waals surface area (Å²) in [6.45, 7) is 2.74. The van der Waals surface area contributed by atoms with Gasteiger partial charge in [-0.05, 0) is 24.6 Å². The fourth-order valence-corrected chi connectivity index (χ4v) is 4.57. The Balaban J connectivity index is 2.40. The van der Waals surface area contributed by atoms with Gasteiger partial charge in [-0.1, -0.05) is 6.07 Å². The van der Waals surface area contributed by atoms with E-state index in [2.05, 4.69) is 0 Å². The average molecular weight is 300 g/mol. The summed E-state index contributed by atoms with van der Waals surface area (Å²) < 4.78 is 26.3. The number of nitrogens with zero attached hydrogens (tertiary/aromatic N) is 1. The number of carbonyl (C=O) groups excluding carboxylic acids is 1. The van der Waals surface area contributed by atoms with Gasteiger partial charge in [0.25, 0.3) is 0 Å². The molecule has 2 rings (SSSR count). The molecule has 7 heteroatoms. The molecule has 1 amide bonds. The Bertz CT molecular complexity index is 593. The number of primary amides is 1. The molecule has 19 heavy (non-hydrogen) atoms. The van der Waals surface area contributed by atoms with Gasteiger partial charge >= 0.3 is 0 Å². The lowest BCUT2D eigenvalue weighted by Crippen LogP contribution is -2.38. The molecule has 104 valence electrons. The van der Waals surface area contributed by atoms with Gasteiger partial charge in [-0.3, -0.25) is 4.79 Å². The van der Waals surface area contributed by atoms with E-state index in [4.69, 9.17) is 5.73 Å². The Kier molecular flexibility index (Phi) is 4.17. The third-order valence-corrected chi connectivity index (χ3v) is 5.92. The van der Waals surface area contributed by atoms with Gasteiger partial charge < -0.3 is 5.73 Å². The van der Waals surface area contributed by atoms with E-state index in [1.54, 1.807) is 24.8 Å². The number of nitrogens with two attached hydrogens (primary N) is 1. The molecule has 0 aliphatic carbocycles. The molecule has 1 aliphatic rings. The molecule has 0 unspecified atom stereocenters. The number of rotatable bonds is 3. The molecule has 0 atom stereocenters. The molecular weight excluding hydrogens is 284 g/mol. The van der Waals surface area contributed by atoms with Crippen LogP contribution in [0, 0.1) is 6.92 Å². The second-order valence-electron chi connectivity index (χ2n) is 4.36. The number of aryl methyl sites for hydroxylation is 1. The lowest BCUT2D eigenvalue weighted by atomic mass is 10.1. The summed E-state index contributed by atoms with van der Waals surface area (Å²) in [7, 11) is -3.52. The fourth-order valence-electron chi connectivity index (χ4n) is 1.96. The van der Waals surface area contributed by atoms with Crippen molar-refractivity contribution in [1.29, 1.82) is 0 Å². The highest BCUT2D eigenvalue weighted by molar-refractivity contribution is 7.99. The Hall–Kier alpha value is -1.05. The zero-order chi connectivity index (χ0) is 14.0. The van der Waals surface area contributed by atoms with Crippen molar-refractivity contribution in [3.05, 3.63) is 29.3 Å². The summed E-state index contributed by atoms with van der Waals surface area (Å²) >= 11 is 1.74. The van der Waals surface area contributed by atoms with Gasteiger partial charge in [0.2, 0.25) is 15.9 Å². The van der Waals surface area contributed by atoms with Crippen LogP contribution in [0.1, 0.15) is 15.9 Å². The molecule has 1 aromatic rings. The Morgan fingerprint density at radius 1 is 1.32 bits per heavy atom. The monoisotopic (exact) mass is 300 g/mol. The predicted octanol–water partition coefficient (Wildman–Crippen LogP) is 0.831. The van der Waals surface area contributed by atoms with Crippen LogP contribution >= 0.6 is 11.8 Å². The summed E-state index contributed by atoms with van der Waals surface area (Å²) in [5.74, 6) is 0.991. The average Bonchev–Trinajstić information content (AvgIpc) is 2.39. The van der Waals surface area contributed by atoms with Crippen molar-refractivity contribution in [2.45, 2.75) is 11.8 Å². The number of sulfonamides is 1. The lowest BCUT2D eigenvalue weighted by molar-refractivity contribution is 0.0999. The predicted molar refractivity (Wildman–Crippen MR) is 75.8 cm³/mol. The van der Waals surface area contributed by atoms with E-state index in [0.29, 0.717) is 18.7 Å². The maximum absolute atomic E-state index is 12.4. The van der Waals surface area contributed by atoms with Gasteiger partial charge in [0.15, 0.2) is 0 Å².